The number of hydrogen-bond acceptors (Lipinski definition) is 2. The van der Waals surface area contributed by atoms with E-state index in [4.69, 9.17) is 10.5 Å². The molecule has 0 saturated carbocycles. The molecule has 0 atom stereocenters. The number of nitrogens with two attached hydrogens (primary N) is 1. The average molecular weight is 187 g/mol. The predicted octanol–water partition coefficient (Wildman–Crippen LogP) is 2.30. The van der Waals surface area contributed by atoms with E-state index in [1.165, 1.54) is 0 Å². The summed E-state index contributed by atoms with van der Waals surface area (Å²) >= 11 is 0. The van der Waals surface area contributed by atoms with Gasteiger partial charge in [-0.05, 0) is 11.5 Å². The van der Waals surface area contributed by atoms with Crippen LogP contribution in [0.1, 0.15) is 0 Å². The van der Waals surface area contributed by atoms with Crippen LogP contribution in [-0.4, -0.2) is 6.09 Å². The molecule has 0 fully saturated rings. The van der Waals surface area contributed by atoms with Crippen LogP contribution < -0.4 is 10.5 Å². The van der Waals surface area contributed by atoms with E-state index >= 15 is 0 Å². The normalized spacial score (nSPS) is 10.0. The van der Waals surface area contributed by atoms with Crippen molar-refractivity contribution in [2.75, 3.05) is 0 Å². The van der Waals surface area contributed by atoms with Gasteiger partial charge in [0.15, 0.2) is 0 Å². The van der Waals surface area contributed by atoms with E-state index in [1.807, 2.05) is 36.4 Å². The van der Waals surface area contributed by atoms with Crippen LogP contribution in [0.3, 0.4) is 0 Å². The molecule has 0 heterocycles. The first-order valence-corrected chi connectivity index (χ1v) is 4.22. The molecule has 0 unspecified atom stereocenters. The van der Waals surface area contributed by atoms with Crippen LogP contribution in [-0.2, 0) is 0 Å². The third-order valence-corrected chi connectivity index (χ3v) is 1.96. The number of fused-ring (bicyclic) bond motifs is 1. The van der Waals surface area contributed by atoms with Crippen molar-refractivity contribution in [2.24, 2.45) is 5.73 Å². The molecule has 0 aliphatic carbocycles. The quantitative estimate of drug-likeness (QED) is 0.744. The summed E-state index contributed by atoms with van der Waals surface area (Å²) < 4.78 is 4.87. The van der Waals surface area contributed by atoms with Crippen molar-refractivity contribution < 1.29 is 9.53 Å². The summed E-state index contributed by atoms with van der Waals surface area (Å²) in [5, 5.41) is 1.90. The molecule has 0 aliphatic rings. The number of amides is 1. The van der Waals surface area contributed by atoms with Gasteiger partial charge in [-0.25, -0.2) is 4.79 Å². The van der Waals surface area contributed by atoms with Gasteiger partial charge in [0.25, 0.3) is 0 Å². The molecular formula is C11H9NO2. The first-order valence-electron chi connectivity index (χ1n) is 4.22. The summed E-state index contributed by atoms with van der Waals surface area (Å²) in [5.41, 5.74) is 4.95. The van der Waals surface area contributed by atoms with Gasteiger partial charge in [0.05, 0.1) is 0 Å². The Morgan fingerprint density at radius 3 is 2.57 bits per heavy atom. The van der Waals surface area contributed by atoms with E-state index in [-0.39, 0.29) is 0 Å². The smallest absolute Gasteiger partial charge is 0.409 e. The number of carbonyl (C=O) groups is 1. The number of hydrogen-bond donors (Lipinski definition) is 1. The van der Waals surface area contributed by atoms with E-state index in [1.54, 1.807) is 6.07 Å². The molecule has 0 aromatic heterocycles. The van der Waals surface area contributed by atoms with E-state index in [2.05, 4.69) is 0 Å². The number of carbonyl (C=O) groups excluding carboxylic acids is 1. The fourth-order valence-corrected chi connectivity index (χ4v) is 1.39. The molecule has 14 heavy (non-hydrogen) atoms. The summed E-state index contributed by atoms with van der Waals surface area (Å²) in [4.78, 5) is 10.6. The topological polar surface area (TPSA) is 52.3 Å². The molecule has 0 radical (unpaired) electrons. The zero-order valence-electron chi connectivity index (χ0n) is 7.44. The summed E-state index contributed by atoms with van der Waals surface area (Å²) in [7, 11) is 0. The van der Waals surface area contributed by atoms with Crippen LogP contribution in [0.25, 0.3) is 10.8 Å². The maximum absolute atomic E-state index is 10.6. The molecule has 2 N–H and O–H groups in total. The Kier molecular flexibility index (Phi) is 2.07. The van der Waals surface area contributed by atoms with Gasteiger partial charge >= 0.3 is 6.09 Å². The Balaban J connectivity index is 2.59. The fraction of sp³-hybridized carbons (Fsp3) is 0. The molecule has 0 spiro atoms. The fourth-order valence-electron chi connectivity index (χ4n) is 1.39. The molecule has 2 rings (SSSR count). The zero-order valence-corrected chi connectivity index (χ0v) is 7.44. The van der Waals surface area contributed by atoms with Crippen LogP contribution in [0.4, 0.5) is 4.79 Å². The first kappa shape index (κ1) is 8.56. The molecule has 0 saturated heterocycles. The SMILES string of the molecule is NC(=O)Oc1cccc2ccccc12. The molecule has 3 heteroatoms. The highest BCUT2D eigenvalue weighted by Gasteiger charge is 2.02. The second-order valence-electron chi connectivity index (χ2n) is 2.90. The van der Waals surface area contributed by atoms with Crippen molar-refractivity contribution in [3.8, 4) is 5.75 Å². The molecule has 0 bridgehead atoms. The number of ether oxygens (including phenoxy) is 1. The first-order chi connectivity index (χ1) is 6.77. The summed E-state index contributed by atoms with van der Waals surface area (Å²) in [6, 6.07) is 13.1. The Morgan fingerprint density at radius 1 is 1.07 bits per heavy atom. The van der Waals surface area contributed by atoms with Crippen molar-refractivity contribution in [2.45, 2.75) is 0 Å². The van der Waals surface area contributed by atoms with E-state index in [0.717, 1.165) is 10.8 Å². The van der Waals surface area contributed by atoms with Crippen LogP contribution in [0.15, 0.2) is 42.5 Å². The Bertz CT molecular complexity index is 474. The van der Waals surface area contributed by atoms with Crippen LogP contribution in [0, 0.1) is 0 Å². The highest BCUT2D eigenvalue weighted by atomic mass is 16.5. The molecule has 3 nitrogen and oxygen atoms in total. The van der Waals surface area contributed by atoms with Crippen LogP contribution in [0.5, 0.6) is 5.75 Å². The Hall–Kier alpha value is -2.03. The van der Waals surface area contributed by atoms with Crippen molar-refractivity contribution in [1.29, 1.82) is 0 Å². The third-order valence-electron chi connectivity index (χ3n) is 1.96. The minimum absolute atomic E-state index is 0.496. The van der Waals surface area contributed by atoms with E-state index in [0.29, 0.717) is 5.75 Å². The second kappa shape index (κ2) is 3.38. The van der Waals surface area contributed by atoms with Gasteiger partial charge < -0.3 is 10.5 Å². The zero-order chi connectivity index (χ0) is 9.97. The number of benzene rings is 2. The van der Waals surface area contributed by atoms with Crippen LogP contribution in [0.2, 0.25) is 0 Å². The molecule has 0 aliphatic heterocycles. The molecule has 1 amide bonds. The monoisotopic (exact) mass is 187 g/mol. The maximum atomic E-state index is 10.6. The highest BCUT2D eigenvalue weighted by Crippen LogP contribution is 2.24. The summed E-state index contributed by atoms with van der Waals surface area (Å²) in [6.07, 6.45) is -0.790. The van der Waals surface area contributed by atoms with Gasteiger partial charge in [0.2, 0.25) is 0 Å². The average Bonchev–Trinajstić information content (AvgIpc) is 2.18. The van der Waals surface area contributed by atoms with Gasteiger partial charge in [-0.2, -0.15) is 0 Å². The second-order valence-corrected chi connectivity index (χ2v) is 2.90. The van der Waals surface area contributed by atoms with Crippen molar-refractivity contribution in [3.05, 3.63) is 42.5 Å². The summed E-state index contributed by atoms with van der Waals surface area (Å²) in [5.74, 6) is 0.496. The predicted molar refractivity (Wildman–Crippen MR) is 54.2 cm³/mol. The van der Waals surface area contributed by atoms with Crippen LogP contribution >= 0.6 is 0 Å². The highest BCUT2D eigenvalue weighted by molar-refractivity contribution is 5.89. The standard InChI is InChI=1S/C11H9NO2/c12-11(13)14-10-7-3-5-8-4-1-2-6-9(8)10/h1-7H,(H2,12,13). The minimum Gasteiger partial charge on any atom is -0.410 e. The third kappa shape index (κ3) is 1.52. The van der Waals surface area contributed by atoms with Crippen molar-refractivity contribution >= 4 is 16.9 Å². The number of primary amides is 1. The van der Waals surface area contributed by atoms with Gasteiger partial charge in [0, 0.05) is 5.39 Å². The lowest BCUT2D eigenvalue weighted by atomic mass is 10.1. The largest absolute Gasteiger partial charge is 0.410 e. The molecule has 2 aromatic rings. The number of rotatable bonds is 1. The van der Waals surface area contributed by atoms with Gasteiger partial charge in [0.1, 0.15) is 5.75 Å². The molecule has 2 aromatic carbocycles. The Labute approximate surface area is 81.1 Å². The van der Waals surface area contributed by atoms with Gasteiger partial charge in [-0.1, -0.05) is 36.4 Å². The lowest BCUT2D eigenvalue weighted by molar-refractivity contribution is 0.211. The molecular weight excluding hydrogens is 178 g/mol. The van der Waals surface area contributed by atoms with Crippen molar-refractivity contribution in [3.63, 3.8) is 0 Å². The lowest BCUT2D eigenvalue weighted by Crippen LogP contribution is -2.16. The Morgan fingerprint density at radius 2 is 1.79 bits per heavy atom. The molecule has 70 valence electrons. The maximum Gasteiger partial charge on any atom is 0.409 e. The lowest BCUT2D eigenvalue weighted by Gasteiger charge is -2.04. The van der Waals surface area contributed by atoms with Crippen molar-refractivity contribution in [1.82, 2.24) is 0 Å². The van der Waals surface area contributed by atoms with E-state index < -0.39 is 6.09 Å². The van der Waals surface area contributed by atoms with E-state index in [9.17, 15) is 4.79 Å². The summed E-state index contributed by atoms with van der Waals surface area (Å²) in [6.45, 7) is 0. The van der Waals surface area contributed by atoms with Gasteiger partial charge in [-0.15, -0.1) is 0 Å². The van der Waals surface area contributed by atoms with Gasteiger partial charge in [-0.3, -0.25) is 0 Å². The minimum atomic E-state index is -0.790.